The van der Waals surface area contributed by atoms with Crippen molar-refractivity contribution < 1.29 is 0 Å². The molecule has 0 spiro atoms. The number of piperidine rings is 1. The Hall–Kier alpha value is -1.73. The van der Waals surface area contributed by atoms with E-state index in [0.717, 1.165) is 53.2 Å². The van der Waals surface area contributed by atoms with Crippen molar-refractivity contribution in [1.82, 2.24) is 10.4 Å². The maximum Gasteiger partial charge on any atom is 0.186 e. The molecule has 0 atom stereocenters. The van der Waals surface area contributed by atoms with Crippen molar-refractivity contribution in [1.29, 1.82) is 0 Å². The fourth-order valence-corrected chi connectivity index (χ4v) is 4.57. The first kappa shape index (κ1) is 21.0. The number of amidine groups is 1. The molecule has 150 valence electrons. The van der Waals surface area contributed by atoms with Gasteiger partial charge in [0.2, 0.25) is 0 Å². The summed E-state index contributed by atoms with van der Waals surface area (Å²) >= 11 is 1.74. The Morgan fingerprint density at radius 2 is 1.79 bits per heavy atom. The highest BCUT2D eigenvalue weighted by Gasteiger charge is 2.18. The summed E-state index contributed by atoms with van der Waals surface area (Å²) in [7, 11) is 0. The number of hydrogen-bond donors (Lipinski definition) is 1. The Morgan fingerprint density at radius 3 is 2.61 bits per heavy atom. The summed E-state index contributed by atoms with van der Waals surface area (Å²) in [5.74, 6) is 1.01. The molecule has 1 saturated heterocycles. The van der Waals surface area contributed by atoms with Crippen molar-refractivity contribution in [2.45, 2.75) is 44.9 Å². The Kier molecular flexibility index (Phi) is 8.03. The lowest BCUT2D eigenvalue weighted by Crippen LogP contribution is -2.29. The van der Waals surface area contributed by atoms with Crippen molar-refractivity contribution in [3.8, 4) is 11.3 Å². The topological polar surface area (TPSA) is 52.9 Å². The molecule has 2 aromatic rings. The molecule has 1 aromatic heterocycles. The van der Waals surface area contributed by atoms with Crippen molar-refractivity contribution in [3.05, 3.63) is 35.2 Å². The maximum atomic E-state index is 4.98. The summed E-state index contributed by atoms with van der Waals surface area (Å²) in [5.41, 5.74) is 5.33. The summed E-state index contributed by atoms with van der Waals surface area (Å²) in [6, 6.07) is 10.4. The van der Waals surface area contributed by atoms with E-state index in [1.807, 2.05) is 12.3 Å². The second kappa shape index (κ2) is 10.7. The average molecular weight is 462 g/mol. The number of halogens is 1. The Morgan fingerprint density at radius 1 is 1.00 bits per heavy atom. The predicted molar refractivity (Wildman–Crippen MR) is 125 cm³/mol. The third-order valence-electron chi connectivity index (χ3n) is 5.07. The molecule has 0 bridgehead atoms. The number of benzene rings is 1. The van der Waals surface area contributed by atoms with Gasteiger partial charge in [-0.1, -0.05) is 48.1 Å². The van der Waals surface area contributed by atoms with Gasteiger partial charge in [-0.05, 0) is 32.1 Å². The molecule has 0 radical (unpaired) electrons. The SMILES string of the molecule is Br.C(=N\NC1=NCCCCC1)/c1sc(N2CCCCC2)nc1-c1ccccc1. The van der Waals surface area contributed by atoms with E-state index in [1.165, 1.54) is 38.5 Å². The third kappa shape index (κ3) is 5.41. The number of nitrogens with one attached hydrogen (secondary N) is 1. The molecule has 0 saturated carbocycles. The average Bonchev–Trinajstić information content (AvgIpc) is 2.98. The van der Waals surface area contributed by atoms with Crippen LogP contribution in [0.2, 0.25) is 0 Å². The smallest absolute Gasteiger partial charge is 0.186 e. The zero-order valence-corrected chi connectivity index (χ0v) is 18.7. The summed E-state index contributed by atoms with van der Waals surface area (Å²) < 4.78 is 0. The van der Waals surface area contributed by atoms with Gasteiger partial charge in [-0.3, -0.25) is 10.4 Å². The number of aromatic nitrogens is 1. The first-order valence-electron chi connectivity index (χ1n) is 10.0. The Balaban J connectivity index is 0.00000225. The van der Waals surface area contributed by atoms with Gasteiger partial charge in [0.25, 0.3) is 0 Å². The number of rotatable bonds is 4. The van der Waals surface area contributed by atoms with Crippen LogP contribution < -0.4 is 10.3 Å². The van der Waals surface area contributed by atoms with Crippen LogP contribution in [0.25, 0.3) is 11.3 Å². The lowest BCUT2D eigenvalue weighted by atomic mass is 10.1. The zero-order valence-electron chi connectivity index (χ0n) is 16.1. The molecule has 1 aromatic carbocycles. The van der Waals surface area contributed by atoms with Crippen molar-refractivity contribution in [2.24, 2.45) is 10.1 Å². The molecule has 1 fully saturated rings. The highest BCUT2D eigenvalue weighted by Crippen LogP contribution is 2.33. The third-order valence-corrected chi connectivity index (χ3v) is 6.12. The van der Waals surface area contributed by atoms with Crippen LogP contribution in [0.15, 0.2) is 40.4 Å². The van der Waals surface area contributed by atoms with E-state index >= 15 is 0 Å². The molecule has 2 aliphatic heterocycles. The molecule has 5 nitrogen and oxygen atoms in total. The quantitative estimate of drug-likeness (QED) is 0.497. The zero-order chi connectivity index (χ0) is 18.3. The monoisotopic (exact) mass is 461 g/mol. The second-order valence-corrected chi connectivity index (χ2v) is 8.14. The van der Waals surface area contributed by atoms with Crippen LogP contribution >= 0.6 is 28.3 Å². The van der Waals surface area contributed by atoms with Gasteiger partial charge < -0.3 is 4.90 Å². The molecule has 1 N–H and O–H groups in total. The van der Waals surface area contributed by atoms with Crippen LogP contribution in [0.1, 0.15) is 49.8 Å². The molecule has 7 heteroatoms. The van der Waals surface area contributed by atoms with Gasteiger partial charge >= 0.3 is 0 Å². The minimum atomic E-state index is 0. The standard InChI is InChI=1S/C21H27N5S.BrH/c1-4-10-17(11-5-1)20-18(16-23-25-19-12-6-2-7-13-22-19)27-21(24-20)26-14-8-3-9-15-26;/h1,4-5,10-11,16H,2-3,6-9,12-15H2,(H,22,25);1H/b23-16+;. The van der Waals surface area contributed by atoms with E-state index in [9.17, 15) is 0 Å². The van der Waals surface area contributed by atoms with Crippen LogP contribution in [0.5, 0.6) is 0 Å². The molecule has 2 aliphatic rings. The molecular formula is C21H28BrN5S. The fourth-order valence-electron chi connectivity index (χ4n) is 3.56. The van der Waals surface area contributed by atoms with Crippen LogP contribution in [-0.4, -0.2) is 36.7 Å². The number of anilines is 1. The van der Waals surface area contributed by atoms with E-state index in [1.54, 1.807) is 11.3 Å². The van der Waals surface area contributed by atoms with Gasteiger partial charge in [0.1, 0.15) is 5.84 Å². The Labute approximate surface area is 181 Å². The van der Waals surface area contributed by atoms with E-state index in [-0.39, 0.29) is 17.0 Å². The van der Waals surface area contributed by atoms with Gasteiger partial charge in [0.15, 0.2) is 5.13 Å². The van der Waals surface area contributed by atoms with Crippen LogP contribution in [0.4, 0.5) is 5.13 Å². The molecule has 28 heavy (non-hydrogen) atoms. The minimum absolute atomic E-state index is 0. The number of nitrogens with zero attached hydrogens (tertiary/aromatic N) is 4. The normalized spacial score (nSPS) is 17.7. The molecule has 4 rings (SSSR count). The minimum Gasteiger partial charge on any atom is -0.348 e. The van der Waals surface area contributed by atoms with E-state index in [4.69, 9.17) is 4.98 Å². The molecule has 3 heterocycles. The van der Waals surface area contributed by atoms with Crippen LogP contribution in [0, 0.1) is 0 Å². The molecule has 0 amide bonds. The summed E-state index contributed by atoms with van der Waals surface area (Å²) in [6.45, 7) is 3.12. The summed E-state index contributed by atoms with van der Waals surface area (Å²) in [5, 5.41) is 5.61. The first-order valence-corrected chi connectivity index (χ1v) is 10.9. The highest BCUT2D eigenvalue weighted by atomic mass is 79.9. The van der Waals surface area contributed by atoms with Crippen molar-refractivity contribution >= 4 is 45.5 Å². The lowest BCUT2D eigenvalue weighted by molar-refractivity contribution is 0.577. The van der Waals surface area contributed by atoms with Gasteiger partial charge in [-0.25, -0.2) is 4.98 Å². The van der Waals surface area contributed by atoms with Gasteiger partial charge in [0, 0.05) is 31.6 Å². The van der Waals surface area contributed by atoms with Gasteiger partial charge in [-0.15, -0.1) is 17.0 Å². The maximum absolute atomic E-state index is 4.98. The number of hydrazone groups is 1. The van der Waals surface area contributed by atoms with Gasteiger partial charge in [-0.2, -0.15) is 5.10 Å². The van der Waals surface area contributed by atoms with E-state index in [2.05, 4.69) is 44.7 Å². The first-order chi connectivity index (χ1) is 13.4. The largest absolute Gasteiger partial charge is 0.348 e. The van der Waals surface area contributed by atoms with Crippen LogP contribution in [-0.2, 0) is 0 Å². The van der Waals surface area contributed by atoms with Crippen LogP contribution in [0.3, 0.4) is 0 Å². The summed E-state index contributed by atoms with van der Waals surface area (Å²) in [4.78, 5) is 13.1. The molecular weight excluding hydrogens is 434 g/mol. The van der Waals surface area contributed by atoms with E-state index in [0.29, 0.717) is 0 Å². The van der Waals surface area contributed by atoms with Gasteiger partial charge in [0.05, 0.1) is 16.8 Å². The van der Waals surface area contributed by atoms with E-state index < -0.39 is 0 Å². The molecule has 0 aliphatic carbocycles. The Bertz CT molecular complexity index is 796. The summed E-state index contributed by atoms with van der Waals surface area (Å²) in [6.07, 6.45) is 10.4. The molecule has 0 unspecified atom stereocenters. The van der Waals surface area contributed by atoms with Crippen molar-refractivity contribution in [3.63, 3.8) is 0 Å². The van der Waals surface area contributed by atoms with Crippen molar-refractivity contribution in [2.75, 3.05) is 24.5 Å². The number of thiazole rings is 1. The predicted octanol–water partition coefficient (Wildman–Crippen LogP) is 5.27. The fraction of sp³-hybridized carbons (Fsp3) is 0.476. The highest BCUT2D eigenvalue weighted by molar-refractivity contribution is 8.93. The second-order valence-electron chi connectivity index (χ2n) is 7.13. The lowest BCUT2D eigenvalue weighted by Gasteiger charge is -2.25. The number of hydrogen-bond acceptors (Lipinski definition) is 6. The number of aliphatic imine (C=N–C) groups is 1.